The Hall–Kier alpha value is -4.37. The van der Waals surface area contributed by atoms with Gasteiger partial charge in [0.1, 0.15) is 5.52 Å². The highest BCUT2D eigenvalue weighted by Crippen LogP contribution is 2.32. The fourth-order valence-corrected chi connectivity index (χ4v) is 4.94. The van der Waals surface area contributed by atoms with E-state index in [0.29, 0.717) is 6.54 Å². The van der Waals surface area contributed by atoms with Gasteiger partial charge in [0, 0.05) is 28.5 Å². The van der Waals surface area contributed by atoms with E-state index in [-0.39, 0.29) is 5.56 Å². The Kier molecular flexibility index (Phi) is 5.11. The third-order valence-corrected chi connectivity index (χ3v) is 6.76. The van der Waals surface area contributed by atoms with Crippen molar-refractivity contribution in [3.8, 4) is 16.9 Å². The molecule has 0 radical (unpaired) electrons. The van der Waals surface area contributed by atoms with E-state index in [4.69, 9.17) is 0 Å². The van der Waals surface area contributed by atoms with Crippen LogP contribution in [0, 0.1) is 13.8 Å². The first-order chi connectivity index (χ1) is 17.1. The van der Waals surface area contributed by atoms with Crippen molar-refractivity contribution in [3.63, 3.8) is 0 Å². The van der Waals surface area contributed by atoms with Crippen molar-refractivity contribution in [2.45, 2.75) is 20.4 Å². The van der Waals surface area contributed by atoms with Gasteiger partial charge < -0.3 is 4.57 Å². The fraction of sp³-hybridized carbons (Fsp3) is 0.0938. The molecule has 0 aliphatic rings. The number of para-hydroxylation sites is 1. The van der Waals surface area contributed by atoms with Crippen LogP contribution in [0.1, 0.15) is 16.7 Å². The minimum atomic E-state index is -0.00550. The monoisotopic (exact) mass is 454 g/mol. The summed E-state index contributed by atoms with van der Waals surface area (Å²) in [5, 5.41) is 2.08. The van der Waals surface area contributed by atoms with Crippen molar-refractivity contribution < 1.29 is 0 Å². The second-order valence-corrected chi connectivity index (χ2v) is 9.22. The summed E-state index contributed by atoms with van der Waals surface area (Å²) in [6.45, 7) is 4.78. The lowest BCUT2D eigenvalue weighted by Gasteiger charge is -2.16. The van der Waals surface area contributed by atoms with Crippen LogP contribution in [0.15, 0.2) is 114 Å². The standard InChI is InChI=1S/C32H26N2O/c1-22-12-16-25(17-13-22)30-20-28-27-10-6-7-11-29(27)33(21-24-8-4-3-5-9-24)31(28)32(35)34(30)26-18-14-23(2)15-19-26/h3-20H,21H2,1-2H3. The molecule has 0 fully saturated rings. The predicted octanol–water partition coefficient (Wildman–Crippen LogP) is 7.28. The van der Waals surface area contributed by atoms with E-state index >= 15 is 0 Å². The highest BCUT2D eigenvalue weighted by molar-refractivity contribution is 6.09. The van der Waals surface area contributed by atoms with Gasteiger partial charge in [-0.3, -0.25) is 9.36 Å². The normalized spacial score (nSPS) is 11.4. The number of rotatable bonds is 4. The first kappa shape index (κ1) is 21.2. The molecular weight excluding hydrogens is 428 g/mol. The average molecular weight is 455 g/mol. The average Bonchev–Trinajstić information content (AvgIpc) is 3.19. The summed E-state index contributed by atoms with van der Waals surface area (Å²) >= 11 is 0. The van der Waals surface area contributed by atoms with Gasteiger partial charge in [-0.2, -0.15) is 0 Å². The molecule has 0 spiro atoms. The van der Waals surface area contributed by atoms with Crippen molar-refractivity contribution in [1.82, 2.24) is 9.13 Å². The molecule has 4 aromatic carbocycles. The predicted molar refractivity (Wildman–Crippen MR) is 145 cm³/mol. The van der Waals surface area contributed by atoms with E-state index in [9.17, 15) is 4.79 Å². The zero-order valence-corrected chi connectivity index (χ0v) is 19.9. The molecule has 0 bridgehead atoms. The highest BCUT2D eigenvalue weighted by Gasteiger charge is 2.20. The summed E-state index contributed by atoms with van der Waals surface area (Å²) in [5.41, 5.74) is 8.11. The summed E-state index contributed by atoms with van der Waals surface area (Å²) in [6.07, 6.45) is 0. The van der Waals surface area contributed by atoms with Crippen LogP contribution in [0.3, 0.4) is 0 Å². The van der Waals surface area contributed by atoms with E-state index in [0.717, 1.165) is 44.3 Å². The van der Waals surface area contributed by atoms with Crippen LogP contribution in [-0.4, -0.2) is 9.13 Å². The number of aromatic nitrogens is 2. The lowest BCUT2D eigenvalue weighted by molar-refractivity contribution is 0.855. The van der Waals surface area contributed by atoms with Crippen molar-refractivity contribution in [2.75, 3.05) is 0 Å². The van der Waals surface area contributed by atoms with Gasteiger partial charge in [-0.15, -0.1) is 0 Å². The molecule has 6 rings (SSSR count). The first-order valence-corrected chi connectivity index (χ1v) is 12.0. The first-order valence-electron chi connectivity index (χ1n) is 12.0. The minimum Gasteiger partial charge on any atom is -0.331 e. The molecule has 3 nitrogen and oxygen atoms in total. The molecule has 0 aliphatic heterocycles. The Labute approximate surface area is 204 Å². The third kappa shape index (κ3) is 3.66. The summed E-state index contributed by atoms with van der Waals surface area (Å²) in [7, 11) is 0. The number of benzene rings is 4. The molecule has 0 saturated carbocycles. The minimum absolute atomic E-state index is 0.00550. The van der Waals surface area contributed by atoms with Crippen molar-refractivity contribution in [3.05, 3.63) is 136 Å². The van der Waals surface area contributed by atoms with Crippen LogP contribution in [0.5, 0.6) is 0 Å². The van der Waals surface area contributed by atoms with Gasteiger partial charge >= 0.3 is 0 Å². The molecule has 0 amide bonds. The Morgan fingerprint density at radius 2 is 1.29 bits per heavy atom. The van der Waals surface area contributed by atoms with Crippen LogP contribution in [0.4, 0.5) is 0 Å². The Morgan fingerprint density at radius 1 is 0.657 bits per heavy atom. The molecule has 2 aromatic heterocycles. The molecule has 3 heteroatoms. The maximum Gasteiger partial charge on any atom is 0.280 e. The summed E-state index contributed by atoms with van der Waals surface area (Å²) in [6, 6.07) is 37.4. The Morgan fingerprint density at radius 3 is 2.00 bits per heavy atom. The SMILES string of the molecule is Cc1ccc(-c2cc3c4ccccc4n(Cc4ccccc4)c3c(=O)n2-c2ccc(C)cc2)cc1. The van der Waals surface area contributed by atoms with Gasteiger partial charge in [-0.25, -0.2) is 0 Å². The highest BCUT2D eigenvalue weighted by atomic mass is 16.1. The maximum absolute atomic E-state index is 14.4. The second kappa shape index (κ2) is 8.44. The smallest absolute Gasteiger partial charge is 0.280 e. The number of pyridine rings is 1. The van der Waals surface area contributed by atoms with Crippen LogP contribution in [0.2, 0.25) is 0 Å². The zero-order chi connectivity index (χ0) is 23.9. The van der Waals surface area contributed by atoms with Gasteiger partial charge in [0.15, 0.2) is 0 Å². The molecule has 35 heavy (non-hydrogen) atoms. The molecule has 170 valence electrons. The summed E-state index contributed by atoms with van der Waals surface area (Å²) in [4.78, 5) is 14.4. The number of fused-ring (bicyclic) bond motifs is 3. The van der Waals surface area contributed by atoms with Crippen molar-refractivity contribution in [2.24, 2.45) is 0 Å². The molecule has 0 unspecified atom stereocenters. The van der Waals surface area contributed by atoms with E-state index in [1.54, 1.807) is 0 Å². The number of hydrogen-bond acceptors (Lipinski definition) is 1. The van der Waals surface area contributed by atoms with Gasteiger partial charge in [0.05, 0.1) is 5.69 Å². The van der Waals surface area contributed by atoms with Crippen molar-refractivity contribution >= 4 is 21.8 Å². The largest absolute Gasteiger partial charge is 0.331 e. The van der Waals surface area contributed by atoms with Gasteiger partial charge in [0.25, 0.3) is 5.56 Å². The lowest BCUT2D eigenvalue weighted by Crippen LogP contribution is -2.22. The molecule has 2 heterocycles. The lowest BCUT2D eigenvalue weighted by atomic mass is 10.1. The Bertz CT molecular complexity index is 1720. The molecule has 0 saturated heterocycles. The summed E-state index contributed by atoms with van der Waals surface area (Å²) < 4.78 is 4.04. The molecule has 0 atom stereocenters. The van der Waals surface area contributed by atoms with Crippen LogP contribution < -0.4 is 5.56 Å². The molecule has 0 aliphatic carbocycles. The third-order valence-electron chi connectivity index (χ3n) is 6.76. The quantitative estimate of drug-likeness (QED) is 0.275. The topological polar surface area (TPSA) is 26.9 Å². The van der Waals surface area contributed by atoms with Crippen LogP contribution in [0.25, 0.3) is 38.8 Å². The maximum atomic E-state index is 14.4. The van der Waals surface area contributed by atoms with E-state index in [2.05, 4.69) is 85.1 Å². The van der Waals surface area contributed by atoms with E-state index < -0.39 is 0 Å². The molecular formula is C32H26N2O. The second-order valence-electron chi connectivity index (χ2n) is 9.22. The zero-order valence-electron chi connectivity index (χ0n) is 19.9. The molecule has 6 aromatic rings. The van der Waals surface area contributed by atoms with Crippen LogP contribution >= 0.6 is 0 Å². The summed E-state index contributed by atoms with van der Waals surface area (Å²) in [5.74, 6) is 0. The van der Waals surface area contributed by atoms with Gasteiger partial charge in [-0.1, -0.05) is 96.1 Å². The Balaban J connectivity index is 1.73. The van der Waals surface area contributed by atoms with Crippen LogP contribution in [-0.2, 0) is 6.54 Å². The van der Waals surface area contributed by atoms with E-state index in [1.807, 2.05) is 47.0 Å². The molecule has 0 N–H and O–H groups in total. The number of nitrogens with zero attached hydrogens (tertiary/aromatic N) is 2. The number of hydrogen-bond donors (Lipinski definition) is 0. The van der Waals surface area contributed by atoms with Gasteiger partial charge in [0.2, 0.25) is 0 Å². The van der Waals surface area contributed by atoms with Crippen molar-refractivity contribution in [1.29, 1.82) is 0 Å². The number of aryl methyl sites for hydroxylation is 2. The van der Waals surface area contributed by atoms with E-state index in [1.165, 1.54) is 11.1 Å². The van der Waals surface area contributed by atoms with Gasteiger partial charge in [-0.05, 0) is 49.2 Å². The fourth-order valence-electron chi connectivity index (χ4n) is 4.94.